The van der Waals surface area contributed by atoms with E-state index in [1.807, 2.05) is 36.4 Å². The lowest BCUT2D eigenvalue weighted by Gasteiger charge is -2.32. The molecule has 2 heterocycles. The monoisotopic (exact) mass is 438 g/mol. The molecule has 2 aliphatic heterocycles. The number of hydrogen-bond acceptors (Lipinski definition) is 6. The fourth-order valence-corrected chi connectivity index (χ4v) is 4.26. The van der Waals surface area contributed by atoms with Crippen molar-refractivity contribution in [3.05, 3.63) is 54.1 Å². The number of carbonyl (C=O) groups is 1. The molecule has 0 bridgehead atoms. The number of nitrogens with zero attached hydrogens (tertiary/aromatic N) is 2. The first-order valence-corrected chi connectivity index (χ1v) is 11.5. The molecule has 1 amide bonds. The quantitative estimate of drug-likeness (QED) is 0.550. The van der Waals surface area contributed by atoms with Crippen molar-refractivity contribution in [2.75, 3.05) is 49.5 Å². The topological polar surface area (TPSA) is 77.1 Å². The maximum atomic E-state index is 11.7. The Bertz CT molecular complexity index is 885. The van der Waals surface area contributed by atoms with E-state index in [2.05, 4.69) is 46.4 Å². The molecule has 3 N–H and O–H groups in total. The van der Waals surface area contributed by atoms with Gasteiger partial charge in [0.05, 0.1) is 13.2 Å². The van der Waals surface area contributed by atoms with Crippen molar-refractivity contribution in [3.8, 4) is 5.75 Å². The summed E-state index contributed by atoms with van der Waals surface area (Å²) in [6.45, 7) is 9.01. The average Bonchev–Trinajstić information content (AvgIpc) is 3.29. The van der Waals surface area contributed by atoms with E-state index in [4.69, 9.17) is 4.74 Å². The zero-order chi connectivity index (χ0) is 22.5. The van der Waals surface area contributed by atoms with Crippen molar-refractivity contribution in [1.29, 1.82) is 0 Å². The summed E-state index contributed by atoms with van der Waals surface area (Å²) in [5.41, 5.74) is 2.82. The van der Waals surface area contributed by atoms with Crippen LogP contribution in [0.4, 0.5) is 11.4 Å². The highest BCUT2D eigenvalue weighted by Gasteiger charge is 2.30. The van der Waals surface area contributed by atoms with Gasteiger partial charge in [-0.3, -0.25) is 9.69 Å². The van der Waals surface area contributed by atoms with Crippen molar-refractivity contribution in [1.82, 2.24) is 10.2 Å². The Morgan fingerprint density at radius 3 is 2.56 bits per heavy atom. The summed E-state index contributed by atoms with van der Waals surface area (Å²) < 4.78 is 5.70. The third-order valence-electron chi connectivity index (χ3n) is 6.06. The second-order valence-corrected chi connectivity index (χ2v) is 9.08. The third-order valence-corrected chi connectivity index (χ3v) is 6.06. The Morgan fingerprint density at radius 2 is 1.88 bits per heavy atom. The Labute approximate surface area is 190 Å². The van der Waals surface area contributed by atoms with E-state index in [0.29, 0.717) is 25.1 Å². The number of nitrogens with one attached hydrogen (secondary N) is 2. The second-order valence-electron chi connectivity index (χ2n) is 9.08. The molecule has 2 aliphatic rings. The van der Waals surface area contributed by atoms with Crippen LogP contribution in [-0.2, 0) is 4.79 Å². The zero-order valence-corrected chi connectivity index (χ0v) is 19.0. The summed E-state index contributed by atoms with van der Waals surface area (Å²) in [7, 11) is 0. The highest BCUT2D eigenvalue weighted by molar-refractivity contribution is 5.78. The zero-order valence-electron chi connectivity index (χ0n) is 19.0. The summed E-state index contributed by atoms with van der Waals surface area (Å²) in [4.78, 5) is 16.3. The highest BCUT2D eigenvalue weighted by Crippen LogP contribution is 2.26. The van der Waals surface area contributed by atoms with Gasteiger partial charge < -0.3 is 25.4 Å². The number of benzene rings is 2. The smallest absolute Gasteiger partial charge is 0.234 e. The third kappa shape index (κ3) is 5.72. The van der Waals surface area contributed by atoms with Crippen LogP contribution in [0.25, 0.3) is 0 Å². The van der Waals surface area contributed by atoms with Gasteiger partial charge in [0, 0.05) is 49.2 Å². The Hall–Kier alpha value is -2.77. The molecule has 7 heteroatoms. The molecule has 0 radical (unpaired) electrons. The van der Waals surface area contributed by atoms with E-state index < -0.39 is 6.23 Å². The van der Waals surface area contributed by atoms with E-state index in [-0.39, 0.29) is 5.91 Å². The number of aliphatic hydroxyl groups is 1. The van der Waals surface area contributed by atoms with E-state index in [1.54, 1.807) is 0 Å². The van der Waals surface area contributed by atoms with Gasteiger partial charge in [0.15, 0.2) is 6.23 Å². The second kappa shape index (κ2) is 10.2. The normalized spacial score (nSPS) is 20.3. The lowest BCUT2D eigenvalue weighted by atomic mass is 10.1. The van der Waals surface area contributed by atoms with Crippen LogP contribution < -0.4 is 20.3 Å². The average molecular weight is 439 g/mol. The van der Waals surface area contributed by atoms with Crippen LogP contribution in [0.2, 0.25) is 0 Å². The molecule has 0 aromatic heterocycles. The van der Waals surface area contributed by atoms with Crippen molar-refractivity contribution < 1.29 is 14.6 Å². The van der Waals surface area contributed by atoms with Crippen molar-refractivity contribution in [2.45, 2.75) is 32.5 Å². The lowest BCUT2D eigenvalue weighted by Crippen LogP contribution is -2.52. The number of amides is 1. The fraction of sp³-hybridized carbons (Fsp3) is 0.480. The molecule has 2 unspecified atom stereocenters. The highest BCUT2D eigenvalue weighted by atomic mass is 16.5. The standard InChI is InChI=1S/C25H34N4O3/c1-18(2)17-32-23-9-3-19(4-10-23)25(31)27-20-5-7-21(8-6-20)28-13-11-22(15-28)29-14-12-26-24(30)16-29/h3-10,18,22,25,27,31H,11-17H2,1-2H3,(H,26,30). The predicted molar refractivity (Wildman–Crippen MR) is 127 cm³/mol. The lowest BCUT2D eigenvalue weighted by molar-refractivity contribution is -0.124. The Balaban J connectivity index is 1.29. The van der Waals surface area contributed by atoms with Gasteiger partial charge >= 0.3 is 0 Å². The van der Waals surface area contributed by atoms with Crippen molar-refractivity contribution in [2.24, 2.45) is 5.92 Å². The minimum absolute atomic E-state index is 0.126. The first-order chi connectivity index (χ1) is 15.5. The van der Waals surface area contributed by atoms with Crippen LogP contribution >= 0.6 is 0 Å². The Morgan fingerprint density at radius 1 is 1.12 bits per heavy atom. The molecule has 172 valence electrons. The molecule has 0 saturated carbocycles. The predicted octanol–water partition coefficient (Wildman–Crippen LogP) is 2.83. The molecule has 4 rings (SSSR count). The fourth-order valence-electron chi connectivity index (χ4n) is 4.26. The molecular weight excluding hydrogens is 404 g/mol. The molecule has 0 aliphatic carbocycles. The number of aliphatic hydroxyl groups excluding tert-OH is 1. The summed E-state index contributed by atoms with van der Waals surface area (Å²) in [5.74, 6) is 1.41. The van der Waals surface area contributed by atoms with Crippen LogP contribution in [0.5, 0.6) is 5.75 Å². The summed E-state index contributed by atoms with van der Waals surface area (Å²) in [6, 6.07) is 16.1. The summed E-state index contributed by atoms with van der Waals surface area (Å²) in [6.07, 6.45) is 0.282. The first kappa shape index (κ1) is 22.4. The number of piperazine rings is 1. The van der Waals surface area contributed by atoms with E-state index in [0.717, 1.165) is 49.6 Å². The van der Waals surface area contributed by atoms with E-state index in [1.165, 1.54) is 5.69 Å². The SMILES string of the molecule is CC(C)COc1ccc(C(O)Nc2ccc(N3CCC(N4CCNC(=O)C4)C3)cc2)cc1. The van der Waals surface area contributed by atoms with Crippen LogP contribution in [0.3, 0.4) is 0 Å². The van der Waals surface area contributed by atoms with Gasteiger partial charge in [-0.05, 0) is 48.7 Å². The molecule has 2 fully saturated rings. The number of anilines is 2. The Kier molecular flexibility index (Phi) is 7.17. The molecule has 2 atom stereocenters. The maximum Gasteiger partial charge on any atom is 0.234 e. The van der Waals surface area contributed by atoms with Gasteiger partial charge in [-0.25, -0.2) is 0 Å². The number of carbonyl (C=O) groups excluding carboxylic acids is 1. The van der Waals surface area contributed by atoms with E-state index in [9.17, 15) is 9.90 Å². The largest absolute Gasteiger partial charge is 0.493 e. The number of hydrogen-bond donors (Lipinski definition) is 3. The van der Waals surface area contributed by atoms with Gasteiger partial charge in [0.2, 0.25) is 5.91 Å². The molecule has 2 saturated heterocycles. The first-order valence-electron chi connectivity index (χ1n) is 11.5. The summed E-state index contributed by atoms with van der Waals surface area (Å²) >= 11 is 0. The van der Waals surface area contributed by atoms with Crippen LogP contribution in [0.15, 0.2) is 48.5 Å². The van der Waals surface area contributed by atoms with E-state index >= 15 is 0 Å². The molecule has 7 nitrogen and oxygen atoms in total. The van der Waals surface area contributed by atoms with Gasteiger partial charge in [-0.15, -0.1) is 0 Å². The number of ether oxygens (including phenoxy) is 1. The molecule has 32 heavy (non-hydrogen) atoms. The molecule has 2 aromatic rings. The van der Waals surface area contributed by atoms with Gasteiger partial charge in [-0.2, -0.15) is 0 Å². The number of rotatable bonds is 8. The van der Waals surface area contributed by atoms with Gasteiger partial charge in [-0.1, -0.05) is 26.0 Å². The van der Waals surface area contributed by atoms with Crippen molar-refractivity contribution >= 4 is 17.3 Å². The minimum atomic E-state index is -0.790. The summed E-state index contributed by atoms with van der Waals surface area (Å²) in [5, 5.41) is 16.6. The van der Waals surface area contributed by atoms with Crippen LogP contribution in [0, 0.1) is 5.92 Å². The molecular formula is C25H34N4O3. The van der Waals surface area contributed by atoms with Crippen LogP contribution in [0.1, 0.15) is 32.1 Å². The van der Waals surface area contributed by atoms with Gasteiger partial charge in [0.25, 0.3) is 0 Å². The van der Waals surface area contributed by atoms with Crippen LogP contribution in [-0.4, -0.2) is 61.3 Å². The van der Waals surface area contributed by atoms with Crippen molar-refractivity contribution in [3.63, 3.8) is 0 Å². The van der Waals surface area contributed by atoms with Gasteiger partial charge in [0.1, 0.15) is 5.75 Å². The maximum absolute atomic E-state index is 11.7. The molecule has 0 spiro atoms. The minimum Gasteiger partial charge on any atom is -0.493 e. The molecule has 2 aromatic carbocycles.